The van der Waals surface area contributed by atoms with E-state index < -0.39 is 116 Å². The number of carbonyl (C=O) groups is 2. The van der Waals surface area contributed by atoms with Gasteiger partial charge in [0.1, 0.15) is 0 Å². The van der Waals surface area contributed by atoms with Gasteiger partial charge in [-0.3, -0.25) is 0 Å². The fourth-order valence-electron chi connectivity index (χ4n) is 5.30. The molecule has 39 heavy (non-hydrogen) atoms. The number of nitrogens with zero attached hydrogens (tertiary/aromatic N) is 4. The summed E-state index contributed by atoms with van der Waals surface area (Å²) in [6.45, 7) is 7.03. The van der Waals surface area contributed by atoms with Gasteiger partial charge in [0.05, 0.1) is 0 Å². The quantitative estimate of drug-likeness (QED) is 0.417. The van der Waals surface area contributed by atoms with Crippen molar-refractivity contribution in [2.45, 2.75) is 12.6 Å². The van der Waals surface area contributed by atoms with Crippen LogP contribution in [0.1, 0.15) is 11.1 Å². The molecule has 2 aromatic carbocycles. The summed E-state index contributed by atoms with van der Waals surface area (Å²) in [5.41, 5.74) is 3.85. The second-order valence-electron chi connectivity index (χ2n) is 10.2. The van der Waals surface area contributed by atoms with Crippen molar-refractivity contribution < 1.29 is 130 Å². The standard InChI is InChI=1S/C15H14N2O4.2C5H9N2.2U.2Y/c18-14(19)16-12-5-1-10(2-6-12)9-11-3-7-13(8-4-11)17-15(20)21;2*1-7-4-2-6-3-5-7;;;;/h1-8,16-17H,9H2,(H,18,19)(H,20,21);2*2H,1,3-5H2;;;;/q;2*-1;4*+1/p-2. The van der Waals surface area contributed by atoms with E-state index in [0.717, 1.165) is 42.0 Å². The van der Waals surface area contributed by atoms with Gasteiger partial charge in [0.25, 0.3) is 0 Å². The van der Waals surface area contributed by atoms with Gasteiger partial charge in [0.2, 0.25) is 0 Å². The van der Waals surface area contributed by atoms with E-state index in [2.05, 4.69) is 24.5 Å². The Bertz CT molecular complexity index is 1060. The Hall–Kier alpha value is 1.13. The molecule has 198 valence electrons. The Morgan fingerprint density at radius 2 is 1.15 bits per heavy atom. The van der Waals surface area contributed by atoms with Crippen molar-refractivity contribution in [1.29, 1.82) is 0 Å². The van der Waals surface area contributed by atoms with Crippen LogP contribution in [0.5, 0.6) is 0 Å². The van der Waals surface area contributed by atoms with Crippen LogP contribution in [0.3, 0.4) is 0 Å². The molecule has 6 fully saturated rings. The molecule has 6 unspecified atom stereocenters. The Kier molecular flexibility index (Phi) is 11.4. The zero-order valence-electron chi connectivity index (χ0n) is 21.7. The van der Waals surface area contributed by atoms with Gasteiger partial charge in [-0.1, -0.05) is 0 Å². The second kappa shape index (κ2) is 14.7. The number of carbonyl (C=O) groups excluding carboxylic acids is 2. The molecule has 0 radical (unpaired) electrons. The van der Waals surface area contributed by atoms with E-state index in [1.807, 2.05) is 48.5 Å². The fraction of sp³-hybridized carbons (Fsp3) is 0.440. The van der Waals surface area contributed by atoms with Gasteiger partial charge in [0, 0.05) is 0 Å². The zero-order chi connectivity index (χ0) is 26.6. The summed E-state index contributed by atoms with van der Waals surface area (Å²) < 4.78 is 20.7. The number of hydrogen-bond donors (Lipinski definition) is 2. The van der Waals surface area contributed by atoms with Crippen molar-refractivity contribution in [3.63, 3.8) is 0 Å². The van der Waals surface area contributed by atoms with Crippen LogP contribution in [-0.4, -0.2) is 78.2 Å². The summed E-state index contributed by atoms with van der Waals surface area (Å²) in [4.78, 5) is 29.9. The number of rotatable bonds is 8. The van der Waals surface area contributed by atoms with E-state index in [1.165, 1.54) is 32.9 Å². The molecule has 0 aromatic heterocycles. The molecule has 2 amide bonds. The van der Waals surface area contributed by atoms with Crippen molar-refractivity contribution in [2.75, 3.05) is 56.6 Å². The molecule has 2 N–H and O–H groups in total. The number of benzene rings is 2. The van der Waals surface area contributed by atoms with E-state index in [4.69, 9.17) is 4.48 Å². The number of fused-ring (bicyclic) bond motifs is 6. The molecule has 6 atom stereocenters. The third-order valence-corrected chi connectivity index (χ3v) is 31.4. The number of nitrogens with one attached hydrogen (secondary N) is 2. The number of piperazine rings is 2. The third-order valence-electron chi connectivity index (χ3n) is 7.54. The molecule has 10 nitrogen and oxygen atoms in total. The zero-order valence-corrected chi connectivity index (χ0v) is 35.7. The molecular formula is C25H30N6O4U2Y2. The van der Waals surface area contributed by atoms with Crippen LogP contribution < -0.4 is 10.6 Å². The first-order valence-corrected chi connectivity index (χ1v) is 28.1. The van der Waals surface area contributed by atoms with E-state index in [0.29, 0.717) is 6.15 Å². The number of amides is 2. The van der Waals surface area contributed by atoms with Crippen LogP contribution in [0.15, 0.2) is 48.5 Å². The molecule has 0 spiro atoms. The van der Waals surface area contributed by atoms with Crippen molar-refractivity contribution in [3.8, 4) is 0 Å². The van der Waals surface area contributed by atoms with Crippen molar-refractivity contribution in [3.05, 3.63) is 59.7 Å². The van der Waals surface area contributed by atoms with Gasteiger partial charge in [-0.05, 0) is 0 Å². The van der Waals surface area contributed by atoms with Crippen LogP contribution in [0.4, 0.5) is 21.0 Å². The summed E-state index contributed by atoms with van der Waals surface area (Å²) in [6, 6.07) is 15.9. The molecule has 0 aliphatic carbocycles. The maximum atomic E-state index is 12.4. The van der Waals surface area contributed by atoms with Gasteiger partial charge in [-0.25, -0.2) is 0 Å². The van der Waals surface area contributed by atoms with Gasteiger partial charge in [-0.2, -0.15) is 0 Å². The summed E-state index contributed by atoms with van der Waals surface area (Å²) in [7, 11) is 0. The monoisotopic (exact) mass is 1130 g/mol. The molecule has 14 heteroatoms. The molecule has 4 bridgehead atoms. The van der Waals surface area contributed by atoms with Gasteiger partial charge >= 0.3 is 296 Å². The molecule has 6 aliphatic heterocycles. The average Bonchev–Trinajstić information content (AvgIpc) is 2.98. The molecule has 2 aromatic rings. The van der Waals surface area contributed by atoms with Crippen molar-refractivity contribution >= 4 is 23.6 Å². The van der Waals surface area contributed by atoms with Crippen LogP contribution in [0, 0.1) is 56.5 Å². The fourth-order valence-corrected chi connectivity index (χ4v) is 27.7. The molecule has 6 aliphatic rings. The summed E-state index contributed by atoms with van der Waals surface area (Å²) in [5.74, 6) is 0. The van der Waals surface area contributed by atoms with Crippen molar-refractivity contribution in [1.82, 2.24) is 13.9 Å². The first-order valence-electron chi connectivity index (χ1n) is 13.3. The van der Waals surface area contributed by atoms with Gasteiger partial charge in [0.15, 0.2) is 0 Å². The van der Waals surface area contributed by atoms with Crippen molar-refractivity contribution in [2.24, 2.45) is 0 Å². The van der Waals surface area contributed by atoms with Gasteiger partial charge < -0.3 is 0 Å². The summed E-state index contributed by atoms with van der Waals surface area (Å²) in [5, 5.41) is 5.81. The molecular weight excluding hydrogens is 1100 g/mol. The normalized spacial score (nSPS) is 27.8. The topological polar surface area (TPSA) is 89.6 Å². The molecule has 6 saturated heterocycles. The van der Waals surface area contributed by atoms with Crippen LogP contribution >= 0.6 is 0 Å². The molecule has 6 heterocycles. The van der Waals surface area contributed by atoms with Gasteiger partial charge in [-0.15, -0.1) is 0 Å². The van der Waals surface area contributed by atoms with Crippen LogP contribution in [0.25, 0.3) is 0 Å². The number of hydrogen-bond acceptors (Lipinski definition) is 8. The first-order chi connectivity index (χ1) is 19.1. The maximum absolute atomic E-state index is 12.4. The van der Waals surface area contributed by atoms with E-state index in [9.17, 15) is 9.59 Å². The molecule has 0 saturated carbocycles. The van der Waals surface area contributed by atoms with Crippen LogP contribution in [0.2, 0.25) is 0 Å². The number of anilines is 2. The van der Waals surface area contributed by atoms with Crippen LogP contribution in [-0.2, 0) is 70.0 Å². The summed E-state index contributed by atoms with van der Waals surface area (Å²) in [6.07, 6.45) is 0.192. The van der Waals surface area contributed by atoms with E-state index in [1.54, 1.807) is 0 Å². The minimum absolute atomic E-state index is 0.293. The van der Waals surface area contributed by atoms with E-state index in [-0.39, 0.29) is 12.2 Å². The Balaban J connectivity index is 0.915. The Labute approximate surface area is 291 Å². The predicted molar refractivity (Wildman–Crippen MR) is 130 cm³/mol. The third kappa shape index (κ3) is 8.62. The summed E-state index contributed by atoms with van der Waals surface area (Å²) >= 11 is -4.42. The predicted octanol–water partition coefficient (Wildman–Crippen LogP) is 2.20. The first kappa shape index (κ1) is 30.2. The minimum atomic E-state index is -1.60. The molecule has 8 rings (SSSR count). The van der Waals surface area contributed by atoms with E-state index >= 15 is 0 Å². The Morgan fingerprint density at radius 3 is 1.49 bits per heavy atom. The average molecular weight is 1130 g/mol. The second-order valence-corrected chi connectivity index (χ2v) is 26.3. The Morgan fingerprint density at radius 1 is 0.718 bits per heavy atom. The SMILES string of the molecule is O=C(Nc1ccc(Cc2ccc(NC(=O)[O][U][CH]3CN4CC[N]3[Y][CH2]4)cc2)cc1)[O][U][CH]1CN2CC[N]1[Y][CH2]2.